The molecule has 150 valence electrons. The van der Waals surface area contributed by atoms with Gasteiger partial charge in [0.25, 0.3) is 5.56 Å². The lowest BCUT2D eigenvalue weighted by molar-refractivity contribution is -0.119. The Labute approximate surface area is 170 Å². The molecule has 2 N–H and O–H groups in total. The first-order valence-electron chi connectivity index (χ1n) is 9.52. The normalized spacial score (nSPS) is 14.3. The highest BCUT2D eigenvalue weighted by Crippen LogP contribution is 2.33. The first-order valence-corrected chi connectivity index (χ1v) is 10.3. The SMILES string of the molecule is CC(=O)Nc1ccc(NC(=O)C(C)n2nnc3sc4c(c3c2=O)CCCC4)cc1. The van der Waals surface area contributed by atoms with Gasteiger partial charge in [-0.25, -0.2) is 0 Å². The number of aromatic nitrogens is 3. The van der Waals surface area contributed by atoms with Crippen molar-refractivity contribution in [3.8, 4) is 0 Å². The molecule has 0 fully saturated rings. The Morgan fingerprint density at radius 1 is 1.10 bits per heavy atom. The Kier molecular flexibility index (Phi) is 5.14. The van der Waals surface area contributed by atoms with Crippen molar-refractivity contribution >= 4 is 44.7 Å². The van der Waals surface area contributed by atoms with E-state index in [1.54, 1.807) is 31.2 Å². The van der Waals surface area contributed by atoms with E-state index in [0.717, 1.165) is 35.9 Å². The van der Waals surface area contributed by atoms with Crippen LogP contribution >= 0.6 is 11.3 Å². The van der Waals surface area contributed by atoms with Crippen LogP contribution in [0.25, 0.3) is 10.2 Å². The number of rotatable bonds is 4. The van der Waals surface area contributed by atoms with Gasteiger partial charge in [0.05, 0.1) is 5.39 Å². The van der Waals surface area contributed by atoms with Gasteiger partial charge in [-0.3, -0.25) is 14.4 Å². The smallest absolute Gasteiger partial charge is 0.279 e. The fraction of sp³-hybridized carbons (Fsp3) is 0.350. The van der Waals surface area contributed by atoms with Crippen LogP contribution in [-0.4, -0.2) is 26.8 Å². The van der Waals surface area contributed by atoms with Gasteiger partial charge in [0.1, 0.15) is 6.04 Å². The third-order valence-corrected chi connectivity index (χ3v) is 6.20. The minimum Gasteiger partial charge on any atom is -0.326 e. The third kappa shape index (κ3) is 3.77. The quantitative estimate of drug-likeness (QED) is 0.687. The summed E-state index contributed by atoms with van der Waals surface area (Å²) < 4.78 is 1.16. The van der Waals surface area contributed by atoms with E-state index in [2.05, 4.69) is 20.9 Å². The van der Waals surface area contributed by atoms with Crippen molar-refractivity contribution in [3.05, 3.63) is 45.1 Å². The molecule has 1 aliphatic rings. The molecule has 1 atom stereocenters. The van der Waals surface area contributed by atoms with Crippen molar-refractivity contribution in [3.63, 3.8) is 0 Å². The lowest BCUT2D eigenvalue weighted by atomic mass is 9.97. The highest BCUT2D eigenvalue weighted by atomic mass is 32.1. The minimum atomic E-state index is -0.812. The van der Waals surface area contributed by atoms with E-state index in [0.29, 0.717) is 21.6 Å². The van der Waals surface area contributed by atoms with E-state index < -0.39 is 6.04 Å². The summed E-state index contributed by atoms with van der Waals surface area (Å²) in [5, 5.41) is 14.3. The number of benzene rings is 1. The average molecular weight is 411 g/mol. The Bertz CT molecular complexity index is 1150. The van der Waals surface area contributed by atoms with Crippen LogP contribution in [0, 0.1) is 0 Å². The Hall–Kier alpha value is -3.07. The minimum absolute atomic E-state index is 0.167. The Morgan fingerprint density at radius 2 is 1.76 bits per heavy atom. The van der Waals surface area contributed by atoms with Gasteiger partial charge in [-0.15, -0.1) is 16.4 Å². The lowest BCUT2D eigenvalue weighted by Gasteiger charge is -2.14. The number of anilines is 2. The highest BCUT2D eigenvalue weighted by molar-refractivity contribution is 7.18. The van der Waals surface area contributed by atoms with Gasteiger partial charge in [-0.05, 0) is 62.4 Å². The summed E-state index contributed by atoms with van der Waals surface area (Å²) in [7, 11) is 0. The summed E-state index contributed by atoms with van der Waals surface area (Å²) in [6.07, 6.45) is 4.03. The summed E-state index contributed by atoms with van der Waals surface area (Å²) in [5.74, 6) is -0.531. The second-order valence-corrected chi connectivity index (χ2v) is 8.24. The second-order valence-electron chi connectivity index (χ2n) is 7.15. The van der Waals surface area contributed by atoms with Crippen molar-refractivity contribution < 1.29 is 9.59 Å². The predicted molar refractivity (Wildman–Crippen MR) is 112 cm³/mol. The topological polar surface area (TPSA) is 106 Å². The van der Waals surface area contributed by atoms with Gasteiger partial charge >= 0.3 is 0 Å². The fourth-order valence-corrected chi connectivity index (χ4v) is 4.73. The molecule has 0 radical (unpaired) electrons. The van der Waals surface area contributed by atoms with E-state index >= 15 is 0 Å². The van der Waals surface area contributed by atoms with E-state index in [1.165, 1.54) is 23.1 Å². The molecule has 9 heteroatoms. The van der Waals surface area contributed by atoms with Crippen molar-refractivity contribution in [2.24, 2.45) is 0 Å². The summed E-state index contributed by atoms with van der Waals surface area (Å²) in [6, 6.07) is 5.94. The van der Waals surface area contributed by atoms with E-state index in [4.69, 9.17) is 0 Å². The van der Waals surface area contributed by atoms with Crippen LogP contribution in [0.3, 0.4) is 0 Å². The molecule has 0 aliphatic heterocycles. The molecule has 1 unspecified atom stereocenters. The highest BCUT2D eigenvalue weighted by Gasteiger charge is 2.24. The summed E-state index contributed by atoms with van der Waals surface area (Å²) in [4.78, 5) is 38.7. The van der Waals surface area contributed by atoms with E-state index in [9.17, 15) is 14.4 Å². The van der Waals surface area contributed by atoms with Crippen LogP contribution in [0.5, 0.6) is 0 Å². The first-order chi connectivity index (χ1) is 13.9. The zero-order chi connectivity index (χ0) is 20.5. The Morgan fingerprint density at radius 3 is 2.45 bits per heavy atom. The molecule has 0 bridgehead atoms. The van der Waals surface area contributed by atoms with Crippen molar-refractivity contribution in [1.82, 2.24) is 15.0 Å². The third-order valence-electron chi connectivity index (χ3n) is 5.03. The van der Waals surface area contributed by atoms with E-state index in [-0.39, 0.29) is 17.4 Å². The van der Waals surface area contributed by atoms with Crippen LogP contribution < -0.4 is 16.2 Å². The molecule has 8 nitrogen and oxygen atoms in total. The number of aryl methyl sites for hydroxylation is 2. The molecular weight excluding hydrogens is 390 g/mol. The van der Waals surface area contributed by atoms with Gasteiger partial charge < -0.3 is 10.6 Å². The standard InChI is InChI=1S/C20H21N5O3S/c1-11(18(27)22-14-9-7-13(8-10-14)21-12(2)26)25-20(28)17-15-5-3-4-6-16(15)29-19(17)23-24-25/h7-11H,3-6H2,1-2H3,(H,21,26)(H,22,27). The summed E-state index contributed by atoms with van der Waals surface area (Å²) in [6.45, 7) is 3.05. The van der Waals surface area contributed by atoms with Crippen molar-refractivity contribution in [1.29, 1.82) is 0 Å². The first kappa shape index (κ1) is 19.3. The number of nitrogens with zero attached hydrogens (tertiary/aromatic N) is 3. The largest absolute Gasteiger partial charge is 0.326 e. The van der Waals surface area contributed by atoms with Gasteiger partial charge in [-0.1, -0.05) is 5.21 Å². The van der Waals surface area contributed by atoms with E-state index in [1.807, 2.05) is 0 Å². The molecule has 1 aliphatic carbocycles. The number of nitrogens with one attached hydrogen (secondary N) is 2. The number of hydrogen-bond donors (Lipinski definition) is 2. The molecule has 3 aromatic rings. The molecule has 0 saturated carbocycles. The molecule has 2 amide bonds. The number of thiophene rings is 1. The van der Waals surface area contributed by atoms with Crippen molar-refractivity contribution in [2.45, 2.75) is 45.6 Å². The average Bonchev–Trinajstić information content (AvgIpc) is 3.08. The fourth-order valence-electron chi connectivity index (χ4n) is 3.54. The number of hydrogen-bond acceptors (Lipinski definition) is 6. The molecule has 2 heterocycles. The predicted octanol–water partition coefficient (Wildman–Crippen LogP) is 2.89. The maximum absolute atomic E-state index is 13.1. The van der Waals surface area contributed by atoms with Crippen LogP contribution in [-0.2, 0) is 22.4 Å². The molecule has 29 heavy (non-hydrogen) atoms. The molecular formula is C20H21N5O3S. The maximum atomic E-state index is 13.1. The number of amides is 2. The second kappa shape index (κ2) is 7.75. The molecule has 0 spiro atoms. The molecule has 0 saturated heterocycles. The van der Waals surface area contributed by atoms with Crippen LogP contribution in [0.1, 0.15) is 43.2 Å². The zero-order valence-corrected chi connectivity index (χ0v) is 17.0. The van der Waals surface area contributed by atoms with Crippen molar-refractivity contribution in [2.75, 3.05) is 10.6 Å². The Balaban J connectivity index is 1.57. The number of carbonyl (C=O) groups excluding carboxylic acids is 2. The van der Waals surface area contributed by atoms with Gasteiger partial charge in [0, 0.05) is 23.2 Å². The summed E-state index contributed by atoms with van der Waals surface area (Å²) in [5.41, 5.74) is 2.01. The van der Waals surface area contributed by atoms with Gasteiger partial charge in [0.2, 0.25) is 11.8 Å². The maximum Gasteiger partial charge on any atom is 0.279 e. The summed E-state index contributed by atoms with van der Waals surface area (Å²) >= 11 is 1.53. The van der Waals surface area contributed by atoms with Crippen LogP contribution in [0.2, 0.25) is 0 Å². The monoisotopic (exact) mass is 411 g/mol. The molecule has 2 aromatic heterocycles. The van der Waals surface area contributed by atoms with Gasteiger partial charge in [-0.2, -0.15) is 4.68 Å². The molecule has 4 rings (SSSR count). The lowest BCUT2D eigenvalue weighted by Crippen LogP contribution is -2.34. The number of fused-ring (bicyclic) bond motifs is 3. The van der Waals surface area contributed by atoms with Crippen LogP contribution in [0.4, 0.5) is 11.4 Å². The zero-order valence-electron chi connectivity index (χ0n) is 16.2. The molecule has 1 aromatic carbocycles. The number of carbonyl (C=O) groups is 2. The van der Waals surface area contributed by atoms with Gasteiger partial charge in [0.15, 0.2) is 4.83 Å². The van der Waals surface area contributed by atoms with Crippen LogP contribution in [0.15, 0.2) is 29.1 Å².